The van der Waals surface area contributed by atoms with E-state index < -0.39 is 0 Å². The molecule has 0 atom stereocenters. The smallest absolute Gasteiger partial charge is 0.0541 e. The molecule has 1 aromatic heterocycles. The average molecular weight is 303 g/mol. The highest BCUT2D eigenvalue weighted by Crippen LogP contribution is 2.25. The summed E-state index contributed by atoms with van der Waals surface area (Å²) in [5.74, 6) is 0. The van der Waals surface area contributed by atoms with Crippen molar-refractivity contribution in [3.63, 3.8) is 0 Å². The number of hydrogen-bond donors (Lipinski definition) is 0. The molecule has 118 valence electrons. The van der Waals surface area contributed by atoms with Gasteiger partial charge < -0.3 is 4.57 Å². The lowest BCUT2D eigenvalue weighted by molar-refractivity contribution is 0.591. The molecule has 0 fully saturated rings. The molecule has 1 nitrogen and oxygen atoms in total. The van der Waals surface area contributed by atoms with Gasteiger partial charge in [-0.1, -0.05) is 57.2 Å². The SMILES string of the molecule is C/C=c1\c(=C/C)n(-c2ccccc2)c2ccc(C(C)(C)C)cc12. The maximum Gasteiger partial charge on any atom is 0.0541 e. The number of para-hydroxylation sites is 1. The summed E-state index contributed by atoms with van der Waals surface area (Å²) in [6.07, 6.45) is 4.43. The Labute approximate surface area is 138 Å². The van der Waals surface area contributed by atoms with Gasteiger partial charge in [0.05, 0.1) is 5.52 Å². The summed E-state index contributed by atoms with van der Waals surface area (Å²) in [6, 6.07) is 17.5. The molecule has 0 radical (unpaired) electrons. The number of hydrogen-bond acceptors (Lipinski definition) is 0. The minimum atomic E-state index is 0.157. The first-order valence-electron chi connectivity index (χ1n) is 8.30. The highest BCUT2D eigenvalue weighted by molar-refractivity contribution is 5.84. The van der Waals surface area contributed by atoms with Crippen LogP contribution in [-0.2, 0) is 5.41 Å². The van der Waals surface area contributed by atoms with Gasteiger partial charge in [-0.05, 0) is 49.1 Å². The summed E-state index contributed by atoms with van der Waals surface area (Å²) >= 11 is 0. The summed E-state index contributed by atoms with van der Waals surface area (Å²) in [6.45, 7) is 11.0. The zero-order valence-corrected chi connectivity index (χ0v) is 14.7. The molecule has 0 N–H and O–H groups in total. The van der Waals surface area contributed by atoms with Gasteiger partial charge in [0.1, 0.15) is 0 Å². The Morgan fingerprint density at radius 1 is 0.870 bits per heavy atom. The van der Waals surface area contributed by atoms with Gasteiger partial charge in [-0.15, -0.1) is 0 Å². The Balaban J connectivity index is 2.48. The van der Waals surface area contributed by atoms with E-state index in [-0.39, 0.29) is 5.41 Å². The zero-order chi connectivity index (χ0) is 16.6. The standard InChI is InChI=1S/C22H25N/c1-6-18-19-15-16(22(3,4)5)13-14-21(19)23(20(18)7-2)17-11-9-8-10-12-17/h6-15H,1-5H3/b18-6-,20-7+. The molecule has 3 aromatic rings. The van der Waals surface area contributed by atoms with Crippen LogP contribution >= 0.6 is 0 Å². The van der Waals surface area contributed by atoms with E-state index in [0.29, 0.717) is 0 Å². The van der Waals surface area contributed by atoms with Crippen molar-refractivity contribution in [2.24, 2.45) is 0 Å². The fraction of sp³-hybridized carbons (Fsp3) is 0.273. The van der Waals surface area contributed by atoms with E-state index >= 15 is 0 Å². The van der Waals surface area contributed by atoms with Crippen LogP contribution in [0.2, 0.25) is 0 Å². The predicted octanol–water partition coefficient (Wildman–Crippen LogP) is 4.53. The molecule has 0 saturated carbocycles. The largest absolute Gasteiger partial charge is 0.310 e. The molecule has 0 aliphatic heterocycles. The summed E-state index contributed by atoms with van der Waals surface area (Å²) in [7, 11) is 0. The quantitative estimate of drug-likeness (QED) is 0.622. The summed E-state index contributed by atoms with van der Waals surface area (Å²) < 4.78 is 2.36. The normalized spacial score (nSPS) is 14.0. The van der Waals surface area contributed by atoms with Gasteiger partial charge in [-0.2, -0.15) is 0 Å². The molecule has 23 heavy (non-hydrogen) atoms. The van der Waals surface area contributed by atoms with Gasteiger partial charge in [-0.3, -0.25) is 0 Å². The van der Waals surface area contributed by atoms with Gasteiger partial charge in [0.25, 0.3) is 0 Å². The van der Waals surface area contributed by atoms with Crippen molar-refractivity contribution < 1.29 is 0 Å². The molecule has 2 aromatic carbocycles. The number of rotatable bonds is 1. The fourth-order valence-corrected chi connectivity index (χ4v) is 3.24. The second kappa shape index (κ2) is 5.73. The molecule has 1 heterocycles. The number of aromatic nitrogens is 1. The molecule has 1 heteroatoms. The van der Waals surface area contributed by atoms with Crippen molar-refractivity contribution >= 4 is 23.1 Å². The number of nitrogens with zero attached hydrogens (tertiary/aromatic N) is 1. The van der Waals surface area contributed by atoms with Gasteiger partial charge in [0.15, 0.2) is 0 Å². The fourth-order valence-electron chi connectivity index (χ4n) is 3.24. The lowest BCUT2D eigenvalue weighted by atomic mass is 9.86. The van der Waals surface area contributed by atoms with E-state index in [4.69, 9.17) is 0 Å². The minimum Gasteiger partial charge on any atom is -0.310 e. The zero-order valence-electron chi connectivity index (χ0n) is 14.7. The molecule has 0 unspecified atom stereocenters. The number of benzene rings is 2. The van der Waals surface area contributed by atoms with Crippen molar-refractivity contribution in [3.05, 3.63) is 64.7 Å². The average Bonchev–Trinajstić information content (AvgIpc) is 2.87. The Bertz CT molecular complexity index is 951. The molecule has 0 aliphatic rings. The van der Waals surface area contributed by atoms with Crippen LogP contribution in [0.5, 0.6) is 0 Å². The van der Waals surface area contributed by atoms with Crippen LogP contribution < -0.4 is 10.6 Å². The van der Waals surface area contributed by atoms with Gasteiger partial charge in [-0.25, -0.2) is 0 Å². The topological polar surface area (TPSA) is 4.93 Å². The molecule has 0 bridgehead atoms. The molecule has 0 saturated heterocycles. The first-order chi connectivity index (χ1) is 11.0. The Hall–Kier alpha value is -2.28. The molecular weight excluding hydrogens is 278 g/mol. The Morgan fingerprint density at radius 2 is 1.57 bits per heavy atom. The van der Waals surface area contributed by atoms with Crippen LogP contribution in [-0.4, -0.2) is 4.57 Å². The Kier molecular flexibility index (Phi) is 3.89. The van der Waals surface area contributed by atoms with E-state index in [2.05, 4.69) is 99.9 Å². The summed E-state index contributed by atoms with van der Waals surface area (Å²) in [5.41, 5.74) is 4.01. The third-order valence-corrected chi connectivity index (χ3v) is 4.49. The highest BCUT2D eigenvalue weighted by atomic mass is 15.0. The lowest BCUT2D eigenvalue weighted by Crippen LogP contribution is -2.27. The monoisotopic (exact) mass is 303 g/mol. The first kappa shape index (κ1) is 15.6. The van der Waals surface area contributed by atoms with Gasteiger partial charge >= 0.3 is 0 Å². The van der Waals surface area contributed by atoms with Crippen molar-refractivity contribution in [1.29, 1.82) is 0 Å². The van der Waals surface area contributed by atoms with Crippen molar-refractivity contribution in [2.45, 2.75) is 40.0 Å². The highest BCUT2D eigenvalue weighted by Gasteiger charge is 2.16. The molecule has 0 aliphatic carbocycles. The van der Waals surface area contributed by atoms with Gasteiger partial charge in [0.2, 0.25) is 0 Å². The minimum absolute atomic E-state index is 0.157. The van der Waals surface area contributed by atoms with E-state index in [0.717, 1.165) is 0 Å². The van der Waals surface area contributed by atoms with E-state index in [9.17, 15) is 0 Å². The molecule has 0 spiro atoms. The maximum absolute atomic E-state index is 2.36. The molecule has 3 rings (SSSR count). The molecule has 0 amide bonds. The summed E-state index contributed by atoms with van der Waals surface area (Å²) in [4.78, 5) is 0. The van der Waals surface area contributed by atoms with Crippen LogP contribution in [0.15, 0.2) is 48.5 Å². The third-order valence-electron chi connectivity index (χ3n) is 4.49. The van der Waals surface area contributed by atoms with Crippen LogP contribution in [0.3, 0.4) is 0 Å². The van der Waals surface area contributed by atoms with Crippen molar-refractivity contribution in [1.82, 2.24) is 4.57 Å². The van der Waals surface area contributed by atoms with Gasteiger partial charge in [0, 0.05) is 21.6 Å². The van der Waals surface area contributed by atoms with E-state index in [1.807, 2.05) is 0 Å². The van der Waals surface area contributed by atoms with Crippen molar-refractivity contribution in [3.8, 4) is 5.69 Å². The van der Waals surface area contributed by atoms with E-state index in [1.54, 1.807) is 0 Å². The number of fused-ring (bicyclic) bond motifs is 1. The van der Waals surface area contributed by atoms with Crippen LogP contribution in [0.25, 0.3) is 28.7 Å². The third kappa shape index (κ3) is 2.61. The molecular formula is C22H25N. The van der Waals surface area contributed by atoms with Crippen LogP contribution in [0.1, 0.15) is 40.2 Å². The van der Waals surface area contributed by atoms with Crippen LogP contribution in [0, 0.1) is 0 Å². The lowest BCUT2D eigenvalue weighted by Gasteiger charge is -2.19. The maximum atomic E-state index is 2.36. The van der Waals surface area contributed by atoms with Crippen molar-refractivity contribution in [2.75, 3.05) is 0 Å². The summed E-state index contributed by atoms with van der Waals surface area (Å²) in [5, 5.41) is 3.91. The second-order valence-electron chi connectivity index (χ2n) is 7.03. The first-order valence-corrected chi connectivity index (χ1v) is 8.30. The second-order valence-corrected chi connectivity index (χ2v) is 7.03. The van der Waals surface area contributed by atoms with E-state index in [1.165, 1.54) is 32.7 Å². The Morgan fingerprint density at radius 3 is 2.13 bits per heavy atom. The predicted molar refractivity (Wildman–Crippen MR) is 102 cm³/mol. The van der Waals surface area contributed by atoms with Crippen LogP contribution in [0.4, 0.5) is 0 Å².